The lowest BCUT2D eigenvalue weighted by atomic mass is 10.0. The Bertz CT molecular complexity index is 430. The summed E-state index contributed by atoms with van der Waals surface area (Å²) in [6.07, 6.45) is 1.05. The molecule has 0 saturated carbocycles. The van der Waals surface area contributed by atoms with Gasteiger partial charge >= 0.3 is 0 Å². The zero-order valence-electron chi connectivity index (χ0n) is 10.2. The third-order valence-electron chi connectivity index (χ3n) is 3.33. The second kappa shape index (κ2) is 4.96. The molecule has 92 valence electrons. The highest BCUT2D eigenvalue weighted by Gasteiger charge is 2.30. The van der Waals surface area contributed by atoms with Crippen molar-refractivity contribution in [1.29, 1.82) is 0 Å². The molecule has 0 saturated heterocycles. The molecule has 2 rings (SSSR count). The van der Waals surface area contributed by atoms with Gasteiger partial charge in [0, 0.05) is 11.1 Å². The van der Waals surface area contributed by atoms with Crippen LogP contribution in [-0.4, -0.2) is 23.4 Å². The van der Waals surface area contributed by atoms with Gasteiger partial charge in [0.15, 0.2) is 5.96 Å². The Morgan fingerprint density at radius 3 is 3.00 bits per heavy atom. The van der Waals surface area contributed by atoms with E-state index in [0.29, 0.717) is 12.0 Å². The van der Waals surface area contributed by atoms with Crippen molar-refractivity contribution in [2.45, 2.75) is 32.4 Å². The molecule has 0 amide bonds. The van der Waals surface area contributed by atoms with Gasteiger partial charge < -0.3 is 10.6 Å². The normalized spacial score (nSPS) is 21.5. The fourth-order valence-corrected chi connectivity index (χ4v) is 2.42. The fraction of sp³-hybridized carbons (Fsp3) is 0.462. The number of nitrogens with two attached hydrogens (primary N) is 1. The molecule has 0 aromatic heterocycles. The van der Waals surface area contributed by atoms with Crippen molar-refractivity contribution < 1.29 is 0 Å². The number of hydrogen-bond acceptors (Lipinski definition) is 3. The quantitative estimate of drug-likeness (QED) is 0.898. The minimum Gasteiger partial charge on any atom is -0.370 e. The molecule has 3 nitrogen and oxygen atoms in total. The number of hydrogen-bond donors (Lipinski definition) is 1. The minimum absolute atomic E-state index is 0.226. The molecule has 0 radical (unpaired) electrons. The van der Waals surface area contributed by atoms with Gasteiger partial charge in [-0.15, -0.1) is 0 Å². The fourth-order valence-electron chi connectivity index (χ4n) is 2.22. The van der Waals surface area contributed by atoms with Crippen molar-refractivity contribution >= 4 is 17.6 Å². The van der Waals surface area contributed by atoms with Crippen LogP contribution < -0.4 is 5.73 Å². The molecule has 0 aliphatic carbocycles. The van der Waals surface area contributed by atoms with E-state index in [1.165, 1.54) is 5.56 Å². The van der Waals surface area contributed by atoms with E-state index >= 15 is 0 Å². The summed E-state index contributed by atoms with van der Waals surface area (Å²) in [6, 6.07) is 8.56. The molecule has 1 aromatic carbocycles. The summed E-state index contributed by atoms with van der Waals surface area (Å²) in [7, 11) is 0. The molecule has 0 spiro atoms. The Labute approximate surface area is 107 Å². The van der Waals surface area contributed by atoms with E-state index in [4.69, 9.17) is 17.3 Å². The molecule has 2 N–H and O–H groups in total. The van der Waals surface area contributed by atoms with Crippen molar-refractivity contribution in [3.63, 3.8) is 0 Å². The van der Waals surface area contributed by atoms with Crippen molar-refractivity contribution in [2.24, 2.45) is 10.7 Å². The maximum Gasteiger partial charge on any atom is 0.192 e. The Hall–Kier alpha value is -1.22. The average molecular weight is 252 g/mol. The summed E-state index contributed by atoms with van der Waals surface area (Å²) in [4.78, 5) is 6.54. The Morgan fingerprint density at radius 2 is 2.35 bits per heavy atom. The summed E-state index contributed by atoms with van der Waals surface area (Å²) in [5.74, 6) is 0.643. The number of nitrogens with zero attached hydrogens (tertiary/aromatic N) is 2. The number of benzene rings is 1. The van der Waals surface area contributed by atoms with E-state index in [-0.39, 0.29) is 6.04 Å². The number of guanidine groups is 1. The molecule has 2 atom stereocenters. The van der Waals surface area contributed by atoms with Crippen LogP contribution >= 0.6 is 11.6 Å². The van der Waals surface area contributed by atoms with Gasteiger partial charge in [0.2, 0.25) is 0 Å². The zero-order valence-corrected chi connectivity index (χ0v) is 11.0. The lowest BCUT2D eigenvalue weighted by Gasteiger charge is -2.32. The molecule has 1 aliphatic heterocycles. The first-order valence-corrected chi connectivity index (χ1v) is 6.35. The SMILES string of the molecule is CCC(C)N1C(N)=NCC1c1cccc(Cl)c1. The van der Waals surface area contributed by atoms with Gasteiger partial charge in [-0.2, -0.15) is 0 Å². The zero-order chi connectivity index (χ0) is 12.4. The molecule has 1 aromatic rings. The topological polar surface area (TPSA) is 41.6 Å². The van der Waals surface area contributed by atoms with E-state index in [1.54, 1.807) is 0 Å². The van der Waals surface area contributed by atoms with Crippen LogP contribution in [0.15, 0.2) is 29.3 Å². The van der Waals surface area contributed by atoms with E-state index < -0.39 is 0 Å². The first kappa shape index (κ1) is 12.2. The Kier molecular flexibility index (Phi) is 3.57. The predicted octanol–water partition coefficient (Wildman–Crippen LogP) is 2.81. The summed E-state index contributed by atoms with van der Waals surface area (Å²) in [5.41, 5.74) is 7.15. The summed E-state index contributed by atoms with van der Waals surface area (Å²) in [5, 5.41) is 0.761. The molecular formula is C13H18ClN3. The second-order valence-corrected chi connectivity index (χ2v) is 4.87. The van der Waals surface area contributed by atoms with Crippen molar-refractivity contribution in [2.75, 3.05) is 6.54 Å². The standard InChI is InChI=1S/C13H18ClN3/c1-3-9(2)17-12(8-16-13(17)15)10-5-4-6-11(14)7-10/h4-7,9,12H,3,8H2,1-2H3,(H2,15,16). The molecule has 2 unspecified atom stereocenters. The largest absolute Gasteiger partial charge is 0.370 e. The highest BCUT2D eigenvalue weighted by Crippen LogP contribution is 2.29. The van der Waals surface area contributed by atoms with Crippen LogP contribution in [0.3, 0.4) is 0 Å². The number of halogens is 1. The Balaban J connectivity index is 2.27. The second-order valence-electron chi connectivity index (χ2n) is 4.43. The van der Waals surface area contributed by atoms with Crippen LogP contribution in [0.5, 0.6) is 0 Å². The van der Waals surface area contributed by atoms with Crippen LogP contribution in [0.2, 0.25) is 5.02 Å². The van der Waals surface area contributed by atoms with Gasteiger partial charge in [-0.05, 0) is 31.0 Å². The molecule has 1 aliphatic rings. The minimum atomic E-state index is 0.226. The first-order chi connectivity index (χ1) is 8.13. The molecular weight excluding hydrogens is 234 g/mol. The van der Waals surface area contributed by atoms with Crippen molar-refractivity contribution in [3.8, 4) is 0 Å². The van der Waals surface area contributed by atoms with Crippen LogP contribution in [-0.2, 0) is 0 Å². The van der Waals surface area contributed by atoms with Gasteiger partial charge in [-0.3, -0.25) is 4.99 Å². The lowest BCUT2D eigenvalue weighted by molar-refractivity contribution is 0.268. The van der Waals surface area contributed by atoms with Crippen LogP contribution in [0.4, 0.5) is 0 Å². The molecule has 17 heavy (non-hydrogen) atoms. The molecule has 0 bridgehead atoms. The van der Waals surface area contributed by atoms with Gasteiger partial charge in [0.05, 0.1) is 12.6 Å². The number of rotatable bonds is 3. The Morgan fingerprint density at radius 1 is 1.59 bits per heavy atom. The van der Waals surface area contributed by atoms with Crippen LogP contribution in [0, 0.1) is 0 Å². The van der Waals surface area contributed by atoms with E-state index in [1.807, 2.05) is 18.2 Å². The van der Waals surface area contributed by atoms with Crippen molar-refractivity contribution in [1.82, 2.24) is 4.90 Å². The molecule has 0 fully saturated rings. The average Bonchev–Trinajstić information content (AvgIpc) is 2.70. The summed E-state index contributed by atoms with van der Waals surface area (Å²) < 4.78 is 0. The highest BCUT2D eigenvalue weighted by atomic mass is 35.5. The highest BCUT2D eigenvalue weighted by molar-refractivity contribution is 6.30. The maximum atomic E-state index is 6.03. The lowest BCUT2D eigenvalue weighted by Crippen LogP contribution is -2.42. The smallest absolute Gasteiger partial charge is 0.192 e. The monoisotopic (exact) mass is 251 g/mol. The summed E-state index contributed by atoms with van der Waals surface area (Å²) >= 11 is 6.03. The maximum absolute atomic E-state index is 6.03. The molecule has 4 heteroatoms. The molecule has 1 heterocycles. The van der Waals surface area contributed by atoms with Gasteiger partial charge in [0.25, 0.3) is 0 Å². The van der Waals surface area contributed by atoms with Gasteiger partial charge in [-0.25, -0.2) is 0 Å². The van der Waals surface area contributed by atoms with E-state index in [2.05, 4.69) is 29.8 Å². The van der Waals surface area contributed by atoms with Crippen LogP contribution in [0.25, 0.3) is 0 Å². The van der Waals surface area contributed by atoms with Crippen molar-refractivity contribution in [3.05, 3.63) is 34.9 Å². The number of aliphatic imine (C=N–C) groups is 1. The third kappa shape index (κ3) is 2.39. The van der Waals surface area contributed by atoms with Gasteiger partial charge in [-0.1, -0.05) is 30.7 Å². The summed E-state index contributed by atoms with van der Waals surface area (Å²) in [6.45, 7) is 5.05. The van der Waals surface area contributed by atoms with Gasteiger partial charge in [0.1, 0.15) is 0 Å². The van der Waals surface area contributed by atoms with E-state index in [9.17, 15) is 0 Å². The third-order valence-corrected chi connectivity index (χ3v) is 3.56. The van der Waals surface area contributed by atoms with E-state index in [0.717, 1.165) is 18.0 Å². The first-order valence-electron chi connectivity index (χ1n) is 5.97. The predicted molar refractivity (Wildman–Crippen MR) is 72.3 cm³/mol. The van der Waals surface area contributed by atoms with Crippen LogP contribution in [0.1, 0.15) is 31.9 Å².